The van der Waals surface area contributed by atoms with Crippen molar-refractivity contribution in [3.05, 3.63) is 29.3 Å². The second kappa shape index (κ2) is 10.9. The maximum absolute atomic E-state index is 12.9. The van der Waals surface area contributed by atoms with E-state index in [0.717, 1.165) is 47.6 Å². The minimum atomic E-state index is -0.614. The molecule has 0 spiro atoms. The average molecular weight is 553 g/mol. The van der Waals surface area contributed by atoms with Gasteiger partial charge in [-0.2, -0.15) is 0 Å². The van der Waals surface area contributed by atoms with E-state index in [4.69, 9.17) is 0 Å². The molecule has 6 aliphatic rings. The van der Waals surface area contributed by atoms with Crippen LogP contribution in [-0.4, -0.2) is 70.9 Å². The predicted molar refractivity (Wildman–Crippen MR) is 149 cm³/mol. The van der Waals surface area contributed by atoms with E-state index >= 15 is 0 Å². The van der Waals surface area contributed by atoms with Crippen molar-refractivity contribution in [2.75, 3.05) is 25.9 Å². The Labute approximate surface area is 235 Å². The van der Waals surface area contributed by atoms with Gasteiger partial charge in [-0.05, 0) is 113 Å². The Kier molecular flexibility index (Phi) is 7.48. The molecule has 2 heterocycles. The van der Waals surface area contributed by atoms with Gasteiger partial charge in [0.05, 0.1) is 5.75 Å². The molecule has 1 aromatic rings. The first-order valence-corrected chi connectivity index (χ1v) is 15.7. The molecular formula is C30H40N4O4S. The summed E-state index contributed by atoms with van der Waals surface area (Å²) in [5.41, 5.74) is 1.90. The van der Waals surface area contributed by atoms with Gasteiger partial charge in [-0.25, -0.2) is 0 Å². The Bertz CT molecular complexity index is 1130. The molecular weight excluding hydrogens is 512 g/mol. The molecule has 210 valence electrons. The number of hydrogen-bond acceptors (Lipinski definition) is 6. The Morgan fingerprint density at radius 3 is 2.51 bits per heavy atom. The zero-order valence-electron chi connectivity index (χ0n) is 22.9. The highest BCUT2D eigenvalue weighted by molar-refractivity contribution is 8.00. The molecule has 2 aliphatic heterocycles. The van der Waals surface area contributed by atoms with Crippen LogP contribution in [0.2, 0.25) is 0 Å². The van der Waals surface area contributed by atoms with Crippen LogP contribution in [0.1, 0.15) is 80.1 Å². The minimum absolute atomic E-state index is 0.0242. The summed E-state index contributed by atoms with van der Waals surface area (Å²) >= 11 is 1.46. The summed E-state index contributed by atoms with van der Waals surface area (Å²) in [5, 5.41) is 5.40. The van der Waals surface area contributed by atoms with E-state index < -0.39 is 11.9 Å². The van der Waals surface area contributed by atoms with Crippen LogP contribution < -0.4 is 10.6 Å². The van der Waals surface area contributed by atoms with Crippen LogP contribution >= 0.6 is 11.8 Å². The zero-order valence-corrected chi connectivity index (χ0v) is 23.7. The second-order valence-corrected chi connectivity index (χ2v) is 13.7. The van der Waals surface area contributed by atoms with Crippen LogP contribution in [-0.2, 0) is 20.9 Å². The number of thioether (sulfide) groups is 1. The Morgan fingerprint density at radius 2 is 1.82 bits per heavy atom. The quantitative estimate of drug-likeness (QED) is 0.263. The lowest BCUT2D eigenvalue weighted by atomic mass is 9.52. The van der Waals surface area contributed by atoms with Crippen LogP contribution in [0.4, 0.5) is 0 Å². The number of carbonyl (C=O) groups is 4. The number of nitrogens with zero attached hydrogens (tertiary/aromatic N) is 2. The lowest BCUT2D eigenvalue weighted by molar-refractivity contribution is -0.137. The monoisotopic (exact) mass is 552 g/mol. The summed E-state index contributed by atoms with van der Waals surface area (Å²) < 4.78 is 0. The largest absolute Gasteiger partial charge is 0.355 e. The van der Waals surface area contributed by atoms with E-state index in [2.05, 4.69) is 22.6 Å². The van der Waals surface area contributed by atoms with Crippen molar-refractivity contribution in [1.82, 2.24) is 20.4 Å². The van der Waals surface area contributed by atoms with Crippen molar-refractivity contribution in [1.29, 1.82) is 0 Å². The number of amides is 4. The summed E-state index contributed by atoms with van der Waals surface area (Å²) in [6, 6.07) is 4.97. The lowest BCUT2D eigenvalue weighted by Gasteiger charge is -2.60. The first kappa shape index (κ1) is 26.8. The van der Waals surface area contributed by atoms with E-state index in [-0.39, 0.29) is 24.1 Å². The van der Waals surface area contributed by atoms with Gasteiger partial charge in [0.1, 0.15) is 6.04 Å². The molecule has 4 amide bonds. The summed E-state index contributed by atoms with van der Waals surface area (Å²) in [4.78, 5) is 54.2. The van der Waals surface area contributed by atoms with Crippen molar-refractivity contribution in [3.8, 4) is 0 Å². The van der Waals surface area contributed by atoms with Crippen molar-refractivity contribution < 1.29 is 19.2 Å². The van der Waals surface area contributed by atoms with E-state index in [1.165, 1.54) is 50.3 Å². The molecule has 7 rings (SSSR count). The molecule has 1 atom stereocenters. The molecule has 5 fully saturated rings. The third-order valence-electron chi connectivity index (χ3n) is 9.92. The topological polar surface area (TPSA) is 98.8 Å². The number of rotatable bonds is 10. The Balaban J connectivity index is 0.912. The Hall–Kier alpha value is -2.39. The molecule has 0 aromatic heterocycles. The van der Waals surface area contributed by atoms with Crippen molar-refractivity contribution in [2.45, 2.75) is 87.2 Å². The first-order valence-electron chi connectivity index (χ1n) is 14.7. The predicted octanol–water partition coefficient (Wildman–Crippen LogP) is 3.34. The summed E-state index contributed by atoms with van der Waals surface area (Å²) in [6.07, 6.45) is 11.3. The SMILES string of the molecule is CN(CCCCNC(=O)CSc1ccc2c(c1)CN(C1CCC(=O)NC1=O)C2=O)C12CC3CC(CC(C3)C1)C2. The molecule has 39 heavy (non-hydrogen) atoms. The number of carbonyl (C=O) groups excluding carboxylic acids is 4. The standard InChI is InChI=1S/C30H40N4O4S/c1-33(30-14-19-10-20(15-30)12-21(11-19)16-30)9-3-2-8-31-27(36)18-39-23-4-5-24-22(13-23)17-34(29(24)38)25-6-7-26(35)32-28(25)37/h4-5,13,19-21,25H,2-3,6-12,14-18H2,1H3,(H,31,36)(H,32,35,37). The number of piperidine rings is 1. The maximum Gasteiger partial charge on any atom is 0.255 e. The second-order valence-electron chi connectivity index (χ2n) is 12.6. The van der Waals surface area contributed by atoms with E-state index in [9.17, 15) is 19.2 Å². The van der Waals surface area contributed by atoms with Crippen LogP contribution in [0.15, 0.2) is 23.1 Å². The highest BCUT2D eigenvalue weighted by atomic mass is 32.2. The number of nitrogens with one attached hydrogen (secondary N) is 2. The summed E-state index contributed by atoms with van der Waals surface area (Å²) in [5.74, 6) is 2.37. The van der Waals surface area contributed by atoms with Crippen LogP contribution in [0.3, 0.4) is 0 Å². The fraction of sp³-hybridized carbons (Fsp3) is 0.667. The van der Waals surface area contributed by atoms with Crippen molar-refractivity contribution in [2.24, 2.45) is 17.8 Å². The van der Waals surface area contributed by atoms with Crippen molar-refractivity contribution in [3.63, 3.8) is 0 Å². The van der Waals surface area contributed by atoms with Gasteiger partial charge in [0, 0.05) is 35.5 Å². The minimum Gasteiger partial charge on any atom is -0.355 e. The van der Waals surface area contributed by atoms with Gasteiger partial charge in [-0.3, -0.25) is 24.5 Å². The molecule has 4 bridgehead atoms. The molecule has 4 aliphatic carbocycles. The molecule has 2 N–H and O–H groups in total. The van der Waals surface area contributed by atoms with Gasteiger partial charge in [0.25, 0.3) is 5.91 Å². The molecule has 0 radical (unpaired) electrons. The van der Waals surface area contributed by atoms with Gasteiger partial charge in [-0.1, -0.05) is 0 Å². The van der Waals surface area contributed by atoms with E-state index in [1.54, 1.807) is 11.0 Å². The van der Waals surface area contributed by atoms with Gasteiger partial charge in [0.2, 0.25) is 17.7 Å². The zero-order chi connectivity index (χ0) is 27.1. The molecule has 1 aromatic carbocycles. The average Bonchev–Trinajstić information content (AvgIpc) is 3.21. The number of benzene rings is 1. The lowest BCUT2D eigenvalue weighted by Crippen LogP contribution is -2.59. The third-order valence-corrected chi connectivity index (χ3v) is 10.9. The van der Waals surface area contributed by atoms with Crippen molar-refractivity contribution >= 4 is 35.4 Å². The first-order chi connectivity index (χ1) is 18.8. The maximum atomic E-state index is 12.9. The molecule has 1 saturated heterocycles. The van der Waals surface area contributed by atoms with Gasteiger partial charge >= 0.3 is 0 Å². The number of unbranched alkanes of at least 4 members (excludes halogenated alkanes) is 1. The van der Waals surface area contributed by atoms with Crippen LogP contribution in [0.5, 0.6) is 0 Å². The Morgan fingerprint density at radius 1 is 1.10 bits per heavy atom. The van der Waals surface area contributed by atoms with E-state index in [0.29, 0.717) is 36.4 Å². The summed E-state index contributed by atoms with van der Waals surface area (Å²) in [7, 11) is 2.33. The molecule has 9 heteroatoms. The molecule has 1 unspecified atom stereocenters. The fourth-order valence-corrected chi connectivity index (χ4v) is 9.10. The highest BCUT2D eigenvalue weighted by Gasteiger charge is 2.52. The smallest absolute Gasteiger partial charge is 0.255 e. The fourth-order valence-electron chi connectivity index (χ4n) is 8.31. The third kappa shape index (κ3) is 5.49. The number of fused-ring (bicyclic) bond motifs is 1. The van der Waals surface area contributed by atoms with Crippen LogP contribution in [0, 0.1) is 17.8 Å². The van der Waals surface area contributed by atoms with E-state index in [1.807, 2.05) is 12.1 Å². The van der Waals surface area contributed by atoms with Gasteiger partial charge in [0.15, 0.2) is 0 Å². The molecule has 8 nitrogen and oxygen atoms in total. The van der Waals surface area contributed by atoms with Gasteiger partial charge in [-0.15, -0.1) is 11.8 Å². The van der Waals surface area contributed by atoms with Gasteiger partial charge < -0.3 is 15.1 Å². The summed E-state index contributed by atoms with van der Waals surface area (Å²) in [6.45, 7) is 2.16. The van der Waals surface area contributed by atoms with Crippen LogP contribution in [0.25, 0.3) is 0 Å². The number of hydrogen-bond donors (Lipinski definition) is 2. The number of imide groups is 1. The molecule has 4 saturated carbocycles. The normalized spacial score (nSPS) is 31.1. The highest BCUT2D eigenvalue weighted by Crippen LogP contribution is 2.57.